The molecule has 0 unspecified atom stereocenters. The van der Waals surface area contributed by atoms with Crippen molar-refractivity contribution in [2.45, 2.75) is 19.0 Å². The molecule has 0 bridgehead atoms. The van der Waals surface area contributed by atoms with Gasteiger partial charge in [-0.05, 0) is 12.8 Å². The number of hydrogen-bond acceptors (Lipinski definition) is 2. The Bertz CT molecular complexity index is 263. The van der Waals surface area contributed by atoms with E-state index in [9.17, 15) is 18.0 Å². The van der Waals surface area contributed by atoms with Gasteiger partial charge in [-0.2, -0.15) is 13.2 Å². The SMILES string of the molecule is O=C(N1CC2(CCCOC2)C1)C(F)(F)F. The molecule has 0 aromatic rings. The van der Waals surface area contributed by atoms with Crippen LogP contribution >= 0.6 is 0 Å². The van der Waals surface area contributed by atoms with E-state index >= 15 is 0 Å². The highest BCUT2D eigenvalue weighted by molar-refractivity contribution is 5.82. The standard InChI is InChI=1S/C9H12F3NO2/c10-9(11,12)7(14)13-4-8(5-13)2-1-3-15-6-8/h1-6H2. The number of alkyl halides is 3. The highest BCUT2D eigenvalue weighted by Gasteiger charge is 2.52. The predicted octanol–water partition coefficient (Wildman–Crippen LogP) is 1.19. The van der Waals surface area contributed by atoms with E-state index < -0.39 is 12.1 Å². The third-order valence-corrected chi connectivity index (χ3v) is 2.99. The Balaban J connectivity index is 1.89. The molecule has 0 atom stereocenters. The van der Waals surface area contributed by atoms with Gasteiger partial charge >= 0.3 is 12.1 Å². The normalized spacial score (nSPS) is 25.1. The third kappa shape index (κ3) is 1.95. The first-order chi connectivity index (χ1) is 6.93. The summed E-state index contributed by atoms with van der Waals surface area (Å²) in [4.78, 5) is 11.7. The molecule has 2 saturated heterocycles. The van der Waals surface area contributed by atoms with Gasteiger partial charge in [0, 0.05) is 25.1 Å². The molecular weight excluding hydrogens is 211 g/mol. The van der Waals surface area contributed by atoms with Crippen molar-refractivity contribution in [3.63, 3.8) is 0 Å². The van der Waals surface area contributed by atoms with Crippen LogP contribution in [0, 0.1) is 5.41 Å². The van der Waals surface area contributed by atoms with Gasteiger partial charge in [0.15, 0.2) is 0 Å². The molecule has 6 heteroatoms. The van der Waals surface area contributed by atoms with Gasteiger partial charge in [-0.15, -0.1) is 0 Å². The number of likely N-dealkylation sites (tertiary alicyclic amines) is 1. The van der Waals surface area contributed by atoms with Crippen molar-refractivity contribution in [1.29, 1.82) is 0 Å². The molecule has 0 aliphatic carbocycles. The third-order valence-electron chi connectivity index (χ3n) is 2.99. The van der Waals surface area contributed by atoms with Gasteiger partial charge in [-0.1, -0.05) is 0 Å². The summed E-state index contributed by atoms with van der Waals surface area (Å²) in [6, 6.07) is 0. The Morgan fingerprint density at radius 3 is 2.47 bits per heavy atom. The van der Waals surface area contributed by atoms with Crippen molar-refractivity contribution in [1.82, 2.24) is 4.90 Å². The quantitative estimate of drug-likeness (QED) is 0.617. The number of halogens is 3. The zero-order valence-corrected chi connectivity index (χ0v) is 8.14. The lowest BCUT2D eigenvalue weighted by atomic mass is 9.75. The van der Waals surface area contributed by atoms with E-state index in [0.717, 1.165) is 17.7 Å². The minimum atomic E-state index is -4.74. The molecule has 86 valence electrons. The van der Waals surface area contributed by atoms with E-state index in [1.54, 1.807) is 0 Å². The number of carbonyl (C=O) groups excluding carboxylic acids is 1. The maximum absolute atomic E-state index is 12.1. The molecule has 2 aliphatic heterocycles. The minimum absolute atomic E-state index is 0.186. The lowest BCUT2D eigenvalue weighted by Gasteiger charge is -2.51. The number of nitrogens with zero attached hydrogens (tertiary/aromatic N) is 1. The van der Waals surface area contributed by atoms with Gasteiger partial charge in [-0.25, -0.2) is 0 Å². The van der Waals surface area contributed by atoms with Gasteiger partial charge in [0.1, 0.15) is 0 Å². The van der Waals surface area contributed by atoms with Crippen molar-refractivity contribution in [3.8, 4) is 0 Å². The largest absolute Gasteiger partial charge is 0.471 e. The summed E-state index contributed by atoms with van der Waals surface area (Å²) in [5.74, 6) is -1.72. The summed E-state index contributed by atoms with van der Waals surface area (Å²) in [5, 5.41) is 0. The smallest absolute Gasteiger partial charge is 0.381 e. The number of ether oxygens (including phenoxy) is 1. The number of amides is 1. The van der Waals surface area contributed by atoms with Crippen molar-refractivity contribution in [3.05, 3.63) is 0 Å². The molecule has 2 fully saturated rings. The number of carbonyl (C=O) groups is 1. The van der Waals surface area contributed by atoms with Crippen LogP contribution in [-0.2, 0) is 9.53 Å². The molecule has 0 saturated carbocycles. The second-order valence-electron chi connectivity index (χ2n) is 4.32. The second kappa shape index (κ2) is 3.37. The Morgan fingerprint density at radius 2 is 2.00 bits per heavy atom. The maximum Gasteiger partial charge on any atom is 0.471 e. The van der Waals surface area contributed by atoms with E-state index in [0.29, 0.717) is 13.2 Å². The molecule has 2 heterocycles. The van der Waals surface area contributed by atoms with Gasteiger partial charge in [0.05, 0.1) is 6.61 Å². The molecule has 0 aromatic carbocycles. The predicted molar refractivity (Wildman–Crippen MR) is 45.1 cm³/mol. The Kier molecular flexibility index (Phi) is 2.41. The molecule has 0 N–H and O–H groups in total. The highest BCUT2D eigenvalue weighted by atomic mass is 19.4. The molecule has 2 rings (SSSR count). The Hall–Kier alpha value is -0.780. The minimum Gasteiger partial charge on any atom is -0.381 e. The monoisotopic (exact) mass is 223 g/mol. The molecule has 0 aromatic heterocycles. The van der Waals surface area contributed by atoms with Gasteiger partial charge in [0.25, 0.3) is 0 Å². The summed E-state index contributed by atoms with van der Waals surface area (Å²) >= 11 is 0. The lowest BCUT2D eigenvalue weighted by Crippen LogP contribution is -2.63. The highest BCUT2D eigenvalue weighted by Crippen LogP contribution is 2.39. The van der Waals surface area contributed by atoms with Crippen LogP contribution in [0.25, 0.3) is 0 Å². The fourth-order valence-electron chi connectivity index (χ4n) is 2.25. The van der Waals surface area contributed by atoms with Gasteiger partial charge in [-0.3, -0.25) is 4.79 Å². The lowest BCUT2D eigenvalue weighted by molar-refractivity contribution is -0.202. The summed E-state index contributed by atoms with van der Waals surface area (Å²) in [6.45, 7) is 1.53. The number of hydrogen-bond donors (Lipinski definition) is 0. The van der Waals surface area contributed by atoms with Crippen molar-refractivity contribution >= 4 is 5.91 Å². The van der Waals surface area contributed by atoms with Crippen LogP contribution in [0.4, 0.5) is 13.2 Å². The van der Waals surface area contributed by atoms with Crippen LogP contribution < -0.4 is 0 Å². The molecular formula is C9H12F3NO2. The van der Waals surface area contributed by atoms with Crippen molar-refractivity contribution in [2.75, 3.05) is 26.3 Å². The van der Waals surface area contributed by atoms with Gasteiger partial charge < -0.3 is 9.64 Å². The van der Waals surface area contributed by atoms with Crippen LogP contribution in [-0.4, -0.2) is 43.3 Å². The molecule has 3 nitrogen and oxygen atoms in total. The fourth-order valence-corrected chi connectivity index (χ4v) is 2.25. The fraction of sp³-hybridized carbons (Fsp3) is 0.889. The van der Waals surface area contributed by atoms with E-state index in [-0.39, 0.29) is 18.5 Å². The molecule has 0 radical (unpaired) electrons. The van der Waals surface area contributed by atoms with E-state index in [4.69, 9.17) is 4.74 Å². The summed E-state index contributed by atoms with van der Waals surface area (Å²) in [7, 11) is 0. The summed E-state index contributed by atoms with van der Waals surface area (Å²) in [6.07, 6.45) is -3.01. The van der Waals surface area contributed by atoms with Crippen LogP contribution in [0.15, 0.2) is 0 Å². The van der Waals surface area contributed by atoms with E-state index in [2.05, 4.69) is 0 Å². The van der Waals surface area contributed by atoms with E-state index in [1.807, 2.05) is 0 Å². The zero-order valence-electron chi connectivity index (χ0n) is 8.14. The maximum atomic E-state index is 12.1. The van der Waals surface area contributed by atoms with E-state index in [1.165, 1.54) is 0 Å². The average molecular weight is 223 g/mol. The van der Waals surface area contributed by atoms with Gasteiger partial charge in [0.2, 0.25) is 0 Å². The van der Waals surface area contributed by atoms with Crippen molar-refractivity contribution in [2.24, 2.45) is 5.41 Å². The first kappa shape index (κ1) is 10.7. The zero-order chi connectivity index (χ0) is 11.1. The Morgan fingerprint density at radius 1 is 1.33 bits per heavy atom. The number of rotatable bonds is 0. The van der Waals surface area contributed by atoms with Crippen LogP contribution in [0.3, 0.4) is 0 Å². The van der Waals surface area contributed by atoms with Crippen LogP contribution in [0.5, 0.6) is 0 Å². The molecule has 1 spiro atoms. The summed E-state index contributed by atoms with van der Waals surface area (Å²) < 4.78 is 41.4. The molecule has 15 heavy (non-hydrogen) atoms. The van der Waals surface area contributed by atoms with Crippen LogP contribution in [0.1, 0.15) is 12.8 Å². The van der Waals surface area contributed by atoms with Crippen molar-refractivity contribution < 1.29 is 22.7 Å². The average Bonchev–Trinajstić information content (AvgIpc) is 2.13. The first-order valence-electron chi connectivity index (χ1n) is 4.87. The first-order valence-corrected chi connectivity index (χ1v) is 4.87. The Labute approximate surface area is 85.2 Å². The summed E-state index contributed by atoms with van der Waals surface area (Å²) in [5.41, 5.74) is -0.195. The molecule has 1 amide bonds. The second-order valence-corrected chi connectivity index (χ2v) is 4.32. The van der Waals surface area contributed by atoms with Crippen LogP contribution in [0.2, 0.25) is 0 Å². The topological polar surface area (TPSA) is 29.5 Å². The molecule has 2 aliphatic rings.